The zero-order valence-electron chi connectivity index (χ0n) is 9.84. The number of carbonyl (C=O) groups is 1. The van der Waals surface area contributed by atoms with Gasteiger partial charge in [-0.2, -0.15) is 18.2 Å². The molecule has 1 heterocycles. The van der Waals surface area contributed by atoms with Crippen molar-refractivity contribution < 1.29 is 31.3 Å². The molecule has 0 fully saturated rings. The van der Waals surface area contributed by atoms with Crippen molar-refractivity contribution in [2.75, 3.05) is 0 Å². The summed E-state index contributed by atoms with van der Waals surface area (Å²) in [4.78, 5) is 14.3. The van der Waals surface area contributed by atoms with Crippen LogP contribution in [0.15, 0.2) is 21.1 Å². The van der Waals surface area contributed by atoms with Crippen LogP contribution in [0.3, 0.4) is 0 Å². The van der Waals surface area contributed by atoms with Crippen molar-refractivity contribution in [3.63, 3.8) is 0 Å². The van der Waals surface area contributed by atoms with Crippen molar-refractivity contribution in [2.45, 2.75) is 12.6 Å². The third kappa shape index (κ3) is 3.26. The van der Waals surface area contributed by atoms with Gasteiger partial charge in [0.2, 0.25) is 17.5 Å². The van der Waals surface area contributed by atoms with Gasteiger partial charge in [-0.15, -0.1) is 0 Å². The molecule has 4 nitrogen and oxygen atoms in total. The first-order valence-electron chi connectivity index (χ1n) is 5.26. The lowest BCUT2D eigenvalue weighted by Gasteiger charge is -2.01. The van der Waals surface area contributed by atoms with Gasteiger partial charge >= 0.3 is 6.18 Å². The summed E-state index contributed by atoms with van der Waals surface area (Å²) in [6.07, 6.45) is -6.14. The second-order valence-electron chi connectivity index (χ2n) is 3.83. The molecule has 0 amide bonds. The number of Topliss-reactive ketones (excluding diaryl/α,β-unsaturated/α-hetero) is 1. The van der Waals surface area contributed by atoms with E-state index in [0.717, 1.165) is 12.1 Å². The molecule has 0 aliphatic carbocycles. The number of rotatable bonds is 3. The second-order valence-corrected chi connectivity index (χ2v) is 4.63. The number of halogens is 6. The largest absolute Gasteiger partial charge is 0.450 e. The fraction of sp³-hybridized carbons (Fsp3) is 0.182. The molecule has 0 aliphatic rings. The number of ketones is 1. The average Bonchev–Trinajstić information content (AvgIpc) is 2.83. The van der Waals surface area contributed by atoms with Crippen molar-refractivity contribution in [1.82, 2.24) is 10.1 Å². The molecule has 0 saturated heterocycles. The molecule has 0 bridgehead atoms. The molecule has 10 heteroatoms. The minimum absolute atomic E-state index is 0.0247. The maximum atomic E-state index is 13.3. The molecule has 2 aromatic rings. The Morgan fingerprint density at radius 2 is 1.95 bits per heavy atom. The first-order valence-corrected chi connectivity index (χ1v) is 6.06. The highest BCUT2D eigenvalue weighted by Crippen LogP contribution is 2.30. The van der Waals surface area contributed by atoms with E-state index in [1.807, 2.05) is 0 Å². The molecular weight excluding hydrogens is 367 g/mol. The van der Waals surface area contributed by atoms with Crippen LogP contribution in [0.4, 0.5) is 22.0 Å². The van der Waals surface area contributed by atoms with E-state index in [1.54, 1.807) is 0 Å². The van der Waals surface area contributed by atoms with Gasteiger partial charge in [0.15, 0.2) is 11.6 Å². The number of alkyl halides is 3. The van der Waals surface area contributed by atoms with Crippen molar-refractivity contribution in [3.8, 4) is 11.4 Å². The molecule has 0 unspecified atom stereocenters. The molecule has 0 N–H and O–H groups in total. The summed E-state index contributed by atoms with van der Waals surface area (Å²) in [6, 6.07) is 1.91. The Balaban J connectivity index is 2.29. The number of benzene rings is 1. The van der Waals surface area contributed by atoms with Crippen LogP contribution < -0.4 is 0 Å². The molecule has 21 heavy (non-hydrogen) atoms. The van der Waals surface area contributed by atoms with Gasteiger partial charge in [-0.25, -0.2) is 8.78 Å². The van der Waals surface area contributed by atoms with E-state index in [-0.39, 0.29) is 15.9 Å². The van der Waals surface area contributed by atoms with Gasteiger partial charge in [0.25, 0.3) is 0 Å². The van der Waals surface area contributed by atoms with Gasteiger partial charge in [0, 0.05) is 5.56 Å². The molecule has 0 aliphatic heterocycles. The van der Waals surface area contributed by atoms with E-state index in [4.69, 9.17) is 0 Å². The molecule has 0 spiro atoms. The Morgan fingerprint density at radius 1 is 1.29 bits per heavy atom. The monoisotopic (exact) mass is 370 g/mol. The van der Waals surface area contributed by atoms with Gasteiger partial charge in [0.05, 0.1) is 10.9 Å². The predicted molar refractivity (Wildman–Crippen MR) is 62.1 cm³/mol. The molecular formula is C11H4BrF5N2O2. The Labute approximate surface area is 122 Å². The van der Waals surface area contributed by atoms with Crippen LogP contribution in [0.1, 0.15) is 5.89 Å². The summed E-state index contributed by atoms with van der Waals surface area (Å²) in [7, 11) is 0. The van der Waals surface area contributed by atoms with Gasteiger partial charge in [-0.3, -0.25) is 4.79 Å². The molecule has 1 aromatic carbocycles. The van der Waals surface area contributed by atoms with Crippen LogP contribution in [0, 0.1) is 11.6 Å². The van der Waals surface area contributed by atoms with Crippen molar-refractivity contribution >= 4 is 21.7 Å². The summed E-state index contributed by atoms with van der Waals surface area (Å²) >= 11 is 2.78. The van der Waals surface area contributed by atoms with Crippen LogP contribution in [-0.2, 0) is 11.2 Å². The summed E-state index contributed by atoms with van der Waals surface area (Å²) in [5, 5.41) is 3.33. The standard InChI is InChI=1S/C11H4BrF5N2O2/c12-8-4(1-2-5(13)9(8)14)10-18-7(21-19-10)3-6(20)11(15,16)17/h1-2H,3H2. The minimum Gasteiger partial charge on any atom is -0.338 e. The lowest BCUT2D eigenvalue weighted by Crippen LogP contribution is -2.24. The van der Waals surface area contributed by atoms with E-state index in [0.29, 0.717) is 0 Å². The van der Waals surface area contributed by atoms with E-state index < -0.39 is 35.9 Å². The Kier molecular flexibility index (Phi) is 4.08. The summed E-state index contributed by atoms with van der Waals surface area (Å²) < 4.78 is 66.7. The number of hydrogen-bond donors (Lipinski definition) is 0. The SMILES string of the molecule is O=C(Cc1nc(-c2ccc(F)c(F)c2Br)no1)C(F)(F)F. The quantitative estimate of drug-likeness (QED) is 0.613. The minimum atomic E-state index is -5.02. The number of carbonyl (C=O) groups excluding carboxylic acids is 1. The van der Waals surface area contributed by atoms with Gasteiger partial charge < -0.3 is 4.52 Å². The van der Waals surface area contributed by atoms with E-state index >= 15 is 0 Å². The zero-order chi connectivity index (χ0) is 15.8. The van der Waals surface area contributed by atoms with Crippen molar-refractivity contribution in [2.24, 2.45) is 0 Å². The maximum absolute atomic E-state index is 13.3. The highest BCUT2D eigenvalue weighted by atomic mass is 79.9. The summed E-state index contributed by atoms with van der Waals surface area (Å²) in [5.74, 6) is -5.23. The first kappa shape index (κ1) is 15.5. The van der Waals surface area contributed by atoms with Crippen LogP contribution in [-0.4, -0.2) is 22.1 Å². The van der Waals surface area contributed by atoms with Gasteiger partial charge in [-0.1, -0.05) is 5.16 Å². The normalized spacial score (nSPS) is 11.7. The molecule has 2 rings (SSSR count). The van der Waals surface area contributed by atoms with E-state index in [2.05, 4.69) is 30.6 Å². The van der Waals surface area contributed by atoms with Crippen LogP contribution in [0.5, 0.6) is 0 Å². The Bertz CT molecular complexity index is 698. The Morgan fingerprint density at radius 3 is 2.57 bits per heavy atom. The van der Waals surface area contributed by atoms with Gasteiger partial charge in [0.1, 0.15) is 0 Å². The lowest BCUT2D eigenvalue weighted by molar-refractivity contribution is -0.170. The molecule has 112 valence electrons. The maximum Gasteiger partial charge on any atom is 0.450 e. The molecule has 1 aromatic heterocycles. The number of nitrogens with zero attached hydrogens (tertiary/aromatic N) is 2. The highest BCUT2D eigenvalue weighted by molar-refractivity contribution is 9.10. The third-order valence-electron chi connectivity index (χ3n) is 2.37. The highest BCUT2D eigenvalue weighted by Gasteiger charge is 2.39. The van der Waals surface area contributed by atoms with Crippen LogP contribution >= 0.6 is 15.9 Å². The number of aromatic nitrogens is 2. The van der Waals surface area contributed by atoms with E-state index in [1.165, 1.54) is 0 Å². The Hall–Kier alpha value is -1.84. The van der Waals surface area contributed by atoms with Crippen molar-refractivity contribution in [3.05, 3.63) is 34.1 Å². The third-order valence-corrected chi connectivity index (χ3v) is 3.15. The smallest absolute Gasteiger partial charge is 0.338 e. The summed E-state index contributed by atoms with van der Waals surface area (Å²) in [5.41, 5.74) is -0.0247. The molecule has 0 radical (unpaired) electrons. The predicted octanol–water partition coefficient (Wildman–Crippen LogP) is 3.45. The molecule has 0 saturated carbocycles. The topological polar surface area (TPSA) is 56.0 Å². The summed E-state index contributed by atoms with van der Waals surface area (Å²) in [6.45, 7) is 0. The molecule has 0 atom stereocenters. The fourth-order valence-corrected chi connectivity index (χ4v) is 1.87. The number of hydrogen-bond acceptors (Lipinski definition) is 4. The first-order chi connectivity index (χ1) is 9.70. The van der Waals surface area contributed by atoms with Gasteiger partial charge in [-0.05, 0) is 28.1 Å². The average molecular weight is 371 g/mol. The second kappa shape index (κ2) is 5.51. The van der Waals surface area contributed by atoms with Crippen LogP contribution in [0.25, 0.3) is 11.4 Å². The lowest BCUT2D eigenvalue weighted by atomic mass is 10.2. The van der Waals surface area contributed by atoms with Crippen molar-refractivity contribution in [1.29, 1.82) is 0 Å². The zero-order valence-corrected chi connectivity index (χ0v) is 11.4. The van der Waals surface area contributed by atoms with E-state index in [9.17, 15) is 26.7 Å². The fourth-order valence-electron chi connectivity index (χ4n) is 1.37. The van der Waals surface area contributed by atoms with Crippen LogP contribution in [0.2, 0.25) is 0 Å².